The smallest absolute Gasteiger partial charge is 0.269 e. The number of non-ortho nitro benzene ring substituents is 1. The number of nitro groups is 1. The molecule has 0 bridgehead atoms. The van der Waals surface area contributed by atoms with Crippen molar-refractivity contribution in [1.82, 2.24) is 9.88 Å². The Morgan fingerprint density at radius 2 is 2.27 bits per heavy atom. The van der Waals surface area contributed by atoms with Crippen molar-refractivity contribution in [1.29, 1.82) is 0 Å². The topological polar surface area (TPSA) is 76.3 Å². The van der Waals surface area contributed by atoms with E-state index in [0.29, 0.717) is 12.1 Å². The van der Waals surface area contributed by atoms with Crippen LogP contribution in [-0.2, 0) is 11.3 Å². The molecule has 1 amide bonds. The number of nitro benzene ring substituents is 1. The third kappa shape index (κ3) is 4.23. The lowest BCUT2D eigenvalue weighted by molar-refractivity contribution is -0.384. The number of amides is 1. The number of rotatable bonds is 5. The van der Waals surface area contributed by atoms with E-state index in [1.54, 1.807) is 25.3 Å². The van der Waals surface area contributed by atoms with Crippen molar-refractivity contribution in [3.05, 3.63) is 62.1 Å². The number of carbonyl (C=O) groups excluding carboxylic acids is 1. The van der Waals surface area contributed by atoms with Gasteiger partial charge in [0, 0.05) is 37.2 Å². The molecule has 22 heavy (non-hydrogen) atoms. The minimum Gasteiger partial charge on any atom is -0.338 e. The maximum Gasteiger partial charge on any atom is 0.269 e. The first kappa shape index (κ1) is 15.8. The molecule has 0 spiro atoms. The maximum atomic E-state index is 12.0. The first-order valence-corrected chi connectivity index (χ1v) is 7.42. The number of thiazole rings is 1. The highest BCUT2D eigenvalue weighted by atomic mass is 32.1. The zero-order chi connectivity index (χ0) is 16.1. The Morgan fingerprint density at radius 1 is 1.50 bits per heavy atom. The van der Waals surface area contributed by atoms with Gasteiger partial charge < -0.3 is 4.90 Å². The maximum absolute atomic E-state index is 12.0. The number of carbonyl (C=O) groups is 1. The van der Waals surface area contributed by atoms with Crippen molar-refractivity contribution < 1.29 is 9.72 Å². The van der Waals surface area contributed by atoms with Gasteiger partial charge in [0.2, 0.25) is 5.91 Å². The van der Waals surface area contributed by atoms with E-state index in [0.717, 1.165) is 10.7 Å². The van der Waals surface area contributed by atoms with Gasteiger partial charge in [0.15, 0.2) is 0 Å². The molecule has 0 N–H and O–H groups in total. The van der Waals surface area contributed by atoms with Crippen molar-refractivity contribution in [2.24, 2.45) is 0 Å². The average molecular weight is 317 g/mol. The molecule has 0 unspecified atom stereocenters. The van der Waals surface area contributed by atoms with Crippen LogP contribution in [0.15, 0.2) is 35.7 Å². The van der Waals surface area contributed by atoms with Crippen LogP contribution in [0, 0.1) is 17.0 Å². The summed E-state index contributed by atoms with van der Waals surface area (Å²) in [4.78, 5) is 28.1. The van der Waals surface area contributed by atoms with E-state index in [1.807, 2.05) is 12.3 Å². The molecule has 0 atom stereocenters. The van der Waals surface area contributed by atoms with Crippen molar-refractivity contribution in [2.75, 3.05) is 7.05 Å². The standard InChI is InChI=1S/C15H15N3O3S/c1-11-16-13(10-22-11)6-7-15(19)17(2)9-12-4-3-5-14(8-12)18(20)21/h3-8,10H,9H2,1-2H3. The van der Waals surface area contributed by atoms with E-state index < -0.39 is 4.92 Å². The molecule has 0 aliphatic rings. The monoisotopic (exact) mass is 317 g/mol. The molecule has 0 radical (unpaired) electrons. The zero-order valence-electron chi connectivity index (χ0n) is 12.2. The molecular weight excluding hydrogens is 302 g/mol. The van der Waals surface area contributed by atoms with Gasteiger partial charge in [0.25, 0.3) is 5.69 Å². The van der Waals surface area contributed by atoms with Crippen LogP contribution in [0.25, 0.3) is 6.08 Å². The number of nitrogens with zero attached hydrogens (tertiary/aromatic N) is 3. The summed E-state index contributed by atoms with van der Waals surface area (Å²) in [5, 5.41) is 13.6. The second-order valence-electron chi connectivity index (χ2n) is 4.75. The number of aromatic nitrogens is 1. The molecule has 0 aliphatic carbocycles. The first-order chi connectivity index (χ1) is 10.5. The molecule has 2 aromatic rings. The Hall–Kier alpha value is -2.54. The van der Waals surface area contributed by atoms with Gasteiger partial charge in [-0.05, 0) is 18.6 Å². The highest BCUT2D eigenvalue weighted by Crippen LogP contribution is 2.15. The molecule has 114 valence electrons. The molecule has 0 aliphatic heterocycles. The number of aryl methyl sites for hydroxylation is 1. The van der Waals surface area contributed by atoms with Gasteiger partial charge in [-0.1, -0.05) is 12.1 Å². The van der Waals surface area contributed by atoms with Gasteiger partial charge in [-0.25, -0.2) is 4.98 Å². The Balaban J connectivity index is 2.00. The summed E-state index contributed by atoms with van der Waals surface area (Å²) in [6, 6.07) is 6.26. The number of benzene rings is 1. The summed E-state index contributed by atoms with van der Waals surface area (Å²) in [6.45, 7) is 2.21. The molecule has 1 aromatic heterocycles. The predicted molar refractivity (Wildman–Crippen MR) is 85.5 cm³/mol. The number of hydrogen-bond donors (Lipinski definition) is 0. The molecule has 2 rings (SSSR count). The van der Waals surface area contributed by atoms with Gasteiger partial charge in [-0.2, -0.15) is 0 Å². The zero-order valence-corrected chi connectivity index (χ0v) is 13.0. The summed E-state index contributed by atoms with van der Waals surface area (Å²) < 4.78 is 0. The third-order valence-electron chi connectivity index (χ3n) is 2.95. The van der Waals surface area contributed by atoms with Crippen LogP contribution < -0.4 is 0 Å². The van der Waals surface area contributed by atoms with Crippen LogP contribution in [0.3, 0.4) is 0 Å². The van der Waals surface area contributed by atoms with Crippen LogP contribution >= 0.6 is 11.3 Å². The van der Waals surface area contributed by atoms with E-state index in [9.17, 15) is 14.9 Å². The van der Waals surface area contributed by atoms with Gasteiger partial charge in [0.1, 0.15) is 0 Å². The quantitative estimate of drug-likeness (QED) is 0.482. The van der Waals surface area contributed by atoms with Crippen LogP contribution in [0.1, 0.15) is 16.3 Å². The lowest BCUT2D eigenvalue weighted by Gasteiger charge is -2.14. The van der Waals surface area contributed by atoms with Crippen LogP contribution in [0.5, 0.6) is 0 Å². The fourth-order valence-electron chi connectivity index (χ4n) is 1.86. The molecule has 0 saturated carbocycles. The molecule has 6 nitrogen and oxygen atoms in total. The van der Waals surface area contributed by atoms with Gasteiger partial charge in [0.05, 0.1) is 15.6 Å². The highest BCUT2D eigenvalue weighted by molar-refractivity contribution is 7.09. The lowest BCUT2D eigenvalue weighted by atomic mass is 10.2. The van der Waals surface area contributed by atoms with E-state index in [4.69, 9.17) is 0 Å². The Morgan fingerprint density at radius 3 is 2.91 bits per heavy atom. The summed E-state index contributed by atoms with van der Waals surface area (Å²) in [5.41, 5.74) is 1.48. The van der Waals surface area contributed by atoms with Crippen LogP contribution in [0.4, 0.5) is 5.69 Å². The minimum atomic E-state index is -0.449. The summed E-state index contributed by atoms with van der Waals surface area (Å²) in [5.74, 6) is -0.183. The van der Waals surface area contributed by atoms with E-state index in [-0.39, 0.29) is 11.6 Å². The summed E-state index contributed by atoms with van der Waals surface area (Å²) in [7, 11) is 1.65. The summed E-state index contributed by atoms with van der Waals surface area (Å²) >= 11 is 1.52. The minimum absolute atomic E-state index is 0.0202. The Labute approximate surface area is 131 Å². The molecule has 7 heteroatoms. The first-order valence-electron chi connectivity index (χ1n) is 6.54. The van der Waals surface area contributed by atoms with Gasteiger partial charge in [-0.15, -0.1) is 11.3 Å². The fourth-order valence-corrected chi connectivity index (χ4v) is 2.44. The predicted octanol–water partition coefficient (Wildman–Crippen LogP) is 3.03. The van der Waals surface area contributed by atoms with Crippen LogP contribution in [0.2, 0.25) is 0 Å². The normalized spacial score (nSPS) is 10.8. The fraction of sp³-hybridized carbons (Fsp3) is 0.200. The van der Waals surface area contributed by atoms with Crippen molar-refractivity contribution in [3.63, 3.8) is 0 Å². The Kier molecular flexibility index (Phi) is 5.00. The van der Waals surface area contributed by atoms with E-state index >= 15 is 0 Å². The molecule has 0 saturated heterocycles. The average Bonchev–Trinajstić information content (AvgIpc) is 2.90. The molecule has 1 aromatic carbocycles. The lowest BCUT2D eigenvalue weighted by Crippen LogP contribution is -2.24. The van der Waals surface area contributed by atoms with Crippen molar-refractivity contribution in [2.45, 2.75) is 13.5 Å². The van der Waals surface area contributed by atoms with Crippen molar-refractivity contribution in [3.8, 4) is 0 Å². The van der Waals surface area contributed by atoms with Gasteiger partial charge >= 0.3 is 0 Å². The Bertz CT molecular complexity index is 724. The second-order valence-corrected chi connectivity index (χ2v) is 5.81. The van der Waals surface area contributed by atoms with E-state index in [2.05, 4.69) is 4.98 Å². The largest absolute Gasteiger partial charge is 0.338 e. The van der Waals surface area contributed by atoms with E-state index in [1.165, 1.54) is 34.4 Å². The van der Waals surface area contributed by atoms with Crippen molar-refractivity contribution >= 4 is 29.0 Å². The highest BCUT2D eigenvalue weighted by Gasteiger charge is 2.10. The van der Waals surface area contributed by atoms with Crippen LogP contribution in [-0.4, -0.2) is 27.8 Å². The SMILES string of the molecule is Cc1nc(C=CC(=O)N(C)Cc2cccc([N+](=O)[O-])c2)cs1. The number of hydrogen-bond acceptors (Lipinski definition) is 5. The third-order valence-corrected chi connectivity index (χ3v) is 3.74. The van der Waals surface area contributed by atoms with Gasteiger partial charge in [-0.3, -0.25) is 14.9 Å². The molecular formula is C15H15N3O3S. The molecule has 1 heterocycles. The molecule has 0 fully saturated rings. The summed E-state index contributed by atoms with van der Waals surface area (Å²) in [6.07, 6.45) is 3.11. The number of likely N-dealkylation sites (N-methyl/N-ethyl adjacent to an activating group) is 1. The second kappa shape index (κ2) is 6.95.